The summed E-state index contributed by atoms with van der Waals surface area (Å²) in [7, 11) is 0. The van der Waals surface area contributed by atoms with E-state index in [2.05, 4.69) is 32.9 Å². The molecule has 3 unspecified atom stereocenters. The summed E-state index contributed by atoms with van der Waals surface area (Å²) in [6, 6.07) is 0. The van der Waals surface area contributed by atoms with E-state index in [9.17, 15) is 4.79 Å². The highest BCUT2D eigenvalue weighted by Gasteiger charge is 2.33. The molecule has 3 atom stereocenters. The molecule has 1 rings (SSSR count). The van der Waals surface area contributed by atoms with Crippen LogP contribution in [0.4, 0.5) is 0 Å². The predicted octanol–water partition coefficient (Wildman–Crippen LogP) is 3.62. The highest BCUT2D eigenvalue weighted by molar-refractivity contribution is 5.92. The quantitative estimate of drug-likeness (QED) is 0.509. The molecule has 0 fully saturated rings. The van der Waals surface area contributed by atoms with E-state index in [1.807, 2.05) is 13.0 Å². The van der Waals surface area contributed by atoms with Crippen LogP contribution in [-0.2, 0) is 4.79 Å². The number of rotatable bonds is 3. The summed E-state index contributed by atoms with van der Waals surface area (Å²) in [6.07, 6.45) is 9.05. The van der Waals surface area contributed by atoms with E-state index in [1.54, 1.807) is 6.08 Å². The molecule has 15 heavy (non-hydrogen) atoms. The van der Waals surface area contributed by atoms with Crippen LogP contribution in [0.3, 0.4) is 0 Å². The Balaban J connectivity index is 2.88. The first-order valence-electron chi connectivity index (χ1n) is 5.91. The van der Waals surface area contributed by atoms with Crippen LogP contribution in [0.2, 0.25) is 0 Å². The van der Waals surface area contributed by atoms with Gasteiger partial charge in [-0.05, 0) is 37.2 Å². The lowest BCUT2D eigenvalue weighted by Gasteiger charge is -2.34. The summed E-state index contributed by atoms with van der Waals surface area (Å²) >= 11 is 0. The maximum absolute atomic E-state index is 12.0. The van der Waals surface area contributed by atoms with Gasteiger partial charge in [-0.25, -0.2) is 0 Å². The molecule has 1 aliphatic rings. The summed E-state index contributed by atoms with van der Waals surface area (Å²) in [6.45, 7) is 8.49. The zero-order valence-electron chi connectivity index (χ0n) is 10.2. The van der Waals surface area contributed by atoms with E-state index in [4.69, 9.17) is 0 Å². The van der Waals surface area contributed by atoms with Gasteiger partial charge in [0.1, 0.15) is 0 Å². The molecule has 0 saturated carbocycles. The summed E-state index contributed by atoms with van der Waals surface area (Å²) in [5.74, 6) is 1.96. The second-order valence-corrected chi connectivity index (χ2v) is 4.86. The zero-order chi connectivity index (χ0) is 11.4. The van der Waals surface area contributed by atoms with Crippen molar-refractivity contribution in [3.8, 4) is 0 Å². The van der Waals surface area contributed by atoms with Crippen molar-refractivity contribution < 1.29 is 4.79 Å². The van der Waals surface area contributed by atoms with Crippen molar-refractivity contribution in [1.29, 1.82) is 0 Å². The van der Waals surface area contributed by atoms with Crippen LogP contribution < -0.4 is 0 Å². The van der Waals surface area contributed by atoms with Crippen molar-refractivity contribution in [3.63, 3.8) is 0 Å². The Labute approximate surface area is 93.3 Å². The number of hydrogen-bond donors (Lipinski definition) is 0. The first-order chi connectivity index (χ1) is 7.07. The van der Waals surface area contributed by atoms with Crippen LogP contribution in [0.15, 0.2) is 24.3 Å². The van der Waals surface area contributed by atoms with E-state index in [0.717, 1.165) is 6.42 Å². The monoisotopic (exact) mass is 206 g/mol. The third-order valence-corrected chi connectivity index (χ3v) is 3.39. The normalized spacial score (nSPS) is 31.4. The van der Waals surface area contributed by atoms with Crippen LogP contribution in [-0.4, -0.2) is 5.78 Å². The Morgan fingerprint density at radius 1 is 1.47 bits per heavy atom. The third kappa shape index (κ3) is 2.80. The topological polar surface area (TPSA) is 17.1 Å². The first-order valence-corrected chi connectivity index (χ1v) is 5.91. The minimum Gasteiger partial charge on any atom is -0.295 e. The maximum Gasteiger partial charge on any atom is 0.159 e. The van der Waals surface area contributed by atoms with Gasteiger partial charge in [0, 0.05) is 5.92 Å². The molecule has 0 aromatic rings. The van der Waals surface area contributed by atoms with Gasteiger partial charge in [-0.1, -0.05) is 39.0 Å². The Morgan fingerprint density at radius 3 is 2.67 bits per heavy atom. The molecule has 84 valence electrons. The van der Waals surface area contributed by atoms with Gasteiger partial charge in [0.25, 0.3) is 0 Å². The van der Waals surface area contributed by atoms with Crippen LogP contribution in [0.1, 0.15) is 34.1 Å². The van der Waals surface area contributed by atoms with Gasteiger partial charge >= 0.3 is 0 Å². The van der Waals surface area contributed by atoms with Crippen molar-refractivity contribution in [2.24, 2.45) is 23.7 Å². The van der Waals surface area contributed by atoms with Crippen molar-refractivity contribution in [2.45, 2.75) is 34.1 Å². The lowest BCUT2D eigenvalue weighted by molar-refractivity contribution is -0.121. The zero-order valence-corrected chi connectivity index (χ0v) is 10.2. The summed E-state index contributed by atoms with van der Waals surface area (Å²) in [5.41, 5.74) is 0. The van der Waals surface area contributed by atoms with Gasteiger partial charge < -0.3 is 0 Å². The van der Waals surface area contributed by atoms with Crippen LogP contribution >= 0.6 is 0 Å². The summed E-state index contributed by atoms with van der Waals surface area (Å²) < 4.78 is 0. The van der Waals surface area contributed by atoms with Crippen LogP contribution in [0.5, 0.6) is 0 Å². The van der Waals surface area contributed by atoms with Gasteiger partial charge in [0.2, 0.25) is 0 Å². The molecule has 1 aliphatic carbocycles. The number of allylic oxidation sites excluding steroid dienone is 4. The fourth-order valence-corrected chi connectivity index (χ4v) is 2.54. The average molecular weight is 206 g/mol. The van der Waals surface area contributed by atoms with E-state index in [0.29, 0.717) is 23.5 Å². The number of ketones is 1. The molecule has 0 N–H and O–H groups in total. The Kier molecular flexibility index (Phi) is 4.31. The van der Waals surface area contributed by atoms with Gasteiger partial charge in [-0.2, -0.15) is 0 Å². The van der Waals surface area contributed by atoms with Gasteiger partial charge in [-0.15, -0.1) is 0 Å². The molecule has 0 aliphatic heterocycles. The molecule has 0 saturated heterocycles. The van der Waals surface area contributed by atoms with Gasteiger partial charge in [-0.3, -0.25) is 4.79 Å². The standard InChI is InChI=1S/C14H22O/c1-5-7-13(15)14-11(4)8-6-9-12(14)10(2)3/h5-8,10-12,14H,9H2,1-4H3. The predicted molar refractivity (Wildman–Crippen MR) is 64.6 cm³/mol. The largest absolute Gasteiger partial charge is 0.295 e. The molecule has 0 amide bonds. The van der Waals surface area contributed by atoms with Gasteiger partial charge in [0.05, 0.1) is 0 Å². The molecule has 1 nitrogen and oxygen atoms in total. The third-order valence-electron chi connectivity index (χ3n) is 3.39. The fraction of sp³-hybridized carbons (Fsp3) is 0.643. The first kappa shape index (κ1) is 12.2. The van der Waals surface area contributed by atoms with Gasteiger partial charge in [0.15, 0.2) is 5.78 Å². The summed E-state index contributed by atoms with van der Waals surface area (Å²) in [4.78, 5) is 12.0. The van der Waals surface area contributed by atoms with Crippen molar-refractivity contribution in [1.82, 2.24) is 0 Å². The minimum atomic E-state index is 0.186. The molecule has 0 spiro atoms. The van der Waals surface area contributed by atoms with E-state index >= 15 is 0 Å². The van der Waals surface area contributed by atoms with Crippen molar-refractivity contribution in [3.05, 3.63) is 24.3 Å². The molecule has 0 aromatic carbocycles. The van der Waals surface area contributed by atoms with Crippen LogP contribution in [0.25, 0.3) is 0 Å². The minimum absolute atomic E-state index is 0.186. The lowest BCUT2D eigenvalue weighted by Crippen LogP contribution is -2.33. The van der Waals surface area contributed by atoms with Crippen molar-refractivity contribution in [2.75, 3.05) is 0 Å². The Hall–Kier alpha value is -0.850. The van der Waals surface area contributed by atoms with Crippen molar-refractivity contribution >= 4 is 5.78 Å². The molecule has 0 radical (unpaired) electrons. The Morgan fingerprint density at radius 2 is 2.13 bits per heavy atom. The SMILES string of the molecule is CC=CC(=O)C1C(C)C=CCC1C(C)C. The highest BCUT2D eigenvalue weighted by atomic mass is 16.1. The Bertz CT molecular complexity index is 273. The molecule has 0 bridgehead atoms. The maximum atomic E-state index is 12.0. The molecular formula is C14H22O. The molecule has 0 heterocycles. The fourth-order valence-electron chi connectivity index (χ4n) is 2.54. The van der Waals surface area contributed by atoms with Crippen LogP contribution in [0, 0.1) is 23.7 Å². The number of carbonyl (C=O) groups excluding carboxylic acids is 1. The molecule has 1 heteroatoms. The number of carbonyl (C=O) groups is 1. The second-order valence-electron chi connectivity index (χ2n) is 4.86. The van der Waals surface area contributed by atoms with E-state index < -0.39 is 0 Å². The van der Waals surface area contributed by atoms with E-state index in [1.165, 1.54) is 0 Å². The lowest BCUT2D eigenvalue weighted by atomic mass is 9.70. The number of hydrogen-bond acceptors (Lipinski definition) is 1. The molecular weight excluding hydrogens is 184 g/mol. The van der Waals surface area contributed by atoms with E-state index in [-0.39, 0.29) is 5.92 Å². The molecule has 0 aromatic heterocycles. The highest BCUT2D eigenvalue weighted by Crippen LogP contribution is 2.35. The second kappa shape index (κ2) is 5.29. The summed E-state index contributed by atoms with van der Waals surface area (Å²) in [5, 5.41) is 0. The average Bonchev–Trinajstić information content (AvgIpc) is 2.17. The smallest absolute Gasteiger partial charge is 0.159 e.